The second-order valence-corrected chi connectivity index (χ2v) is 22.5. The zero-order chi connectivity index (χ0) is 42.9. The number of hydrogen-bond acceptors (Lipinski definition) is 10. The minimum absolute atomic E-state index is 0.173. The molecular formula is C48H72N2O9Si. The van der Waals surface area contributed by atoms with Crippen LogP contribution in [0.3, 0.4) is 0 Å². The molecule has 332 valence electrons. The third kappa shape index (κ3) is 12.9. The molecule has 0 aromatic heterocycles. The van der Waals surface area contributed by atoms with Crippen LogP contribution in [0, 0.1) is 0 Å². The quantitative estimate of drug-likeness (QED) is 0.0641. The fraction of sp³-hybridized carbons (Fsp3) is 0.604. The average molecular weight is 849 g/mol. The van der Waals surface area contributed by atoms with Gasteiger partial charge in [-0.3, -0.25) is 0 Å². The lowest BCUT2D eigenvalue weighted by molar-refractivity contribution is -0.0927. The molecule has 2 heterocycles. The predicted octanol–water partition coefficient (Wildman–Crippen LogP) is 9.63. The molecule has 3 aromatic rings. The van der Waals surface area contributed by atoms with Crippen LogP contribution in [0.5, 0.6) is 11.5 Å². The molecule has 60 heavy (non-hydrogen) atoms. The van der Waals surface area contributed by atoms with Crippen molar-refractivity contribution >= 4 is 20.1 Å². The Morgan fingerprint density at radius 1 is 0.733 bits per heavy atom. The van der Waals surface area contributed by atoms with Crippen molar-refractivity contribution in [2.24, 2.45) is 0 Å². The molecule has 1 amide bonds. The Morgan fingerprint density at radius 3 is 2.08 bits per heavy atom. The van der Waals surface area contributed by atoms with Gasteiger partial charge < -0.3 is 47.4 Å². The van der Waals surface area contributed by atoms with Crippen LogP contribution in [0.25, 0.3) is 0 Å². The highest BCUT2D eigenvalue weighted by atomic mass is 28.4. The molecule has 3 aromatic carbocycles. The first-order valence-electron chi connectivity index (χ1n) is 22.1. The van der Waals surface area contributed by atoms with Crippen LogP contribution in [0.2, 0.25) is 16.6 Å². The lowest BCUT2D eigenvalue weighted by Crippen LogP contribution is -2.54. The number of methoxy groups -OCH3 is 2. The number of anilines is 1. The Bertz CT molecular complexity index is 1670. The number of amides is 1. The third-order valence-electron chi connectivity index (χ3n) is 12.0. The van der Waals surface area contributed by atoms with Gasteiger partial charge in [-0.1, -0.05) is 90.1 Å². The van der Waals surface area contributed by atoms with Gasteiger partial charge in [0.15, 0.2) is 8.32 Å². The standard InChI is InChI=1S/C48H72N2O9Si/c1-36(2)60(37(3)4,38(5)6)59-29-14-28-55-45-32-50(48(51)58-34-39-15-10-9-11-16-39)33-46(47(45)41-18-20-42(21-19-41)54-27-13-26-53-8)57-35-40-17-22-44-43(31-40)49(24-30-56-44)23-12-25-52-7/h9-11,15-22,31,36-38,45-47H,12-14,23-30,32-35H2,1-8H3/t45-,46+,47+/m1/s1. The average Bonchev–Trinajstić information content (AvgIpc) is 3.25. The van der Waals surface area contributed by atoms with Gasteiger partial charge in [0.25, 0.3) is 0 Å². The summed E-state index contributed by atoms with van der Waals surface area (Å²) in [7, 11) is 1.41. The van der Waals surface area contributed by atoms with E-state index in [0.29, 0.717) is 76.0 Å². The van der Waals surface area contributed by atoms with Gasteiger partial charge in [0.1, 0.15) is 24.7 Å². The summed E-state index contributed by atoms with van der Waals surface area (Å²) in [4.78, 5) is 18.0. The van der Waals surface area contributed by atoms with E-state index in [2.05, 4.69) is 70.7 Å². The van der Waals surface area contributed by atoms with Gasteiger partial charge >= 0.3 is 6.09 Å². The van der Waals surface area contributed by atoms with E-state index in [-0.39, 0.29) is 24.7 Å². The van der Waals surface area contributed by atoms with Crippen LogP contribution in [-0.4, -0.2) is 112 Å². The van der Waals surface area contributed by atoms with Gasteiger partial charge in [-0.15, -0.1) is 0 Å². The van der Waals surface area contributed by atoms with Crippen LogP contribution in [0.15, 0.2) is 72.8 Å². The maximum Gasteiger partial charge on any atom is 0.410 e. The second kappa shape index (κ2) is 24.1. The number of ether oxygens (including phenoxy) is 7. The van der Waals surface area contributed by atoms with Crippen molar-refractivity contribution in [3.63, 3.8) is 0 Å². The third-order valence-corrected chi connectivity index (χ3v) is 18.1. The van der Waals surface area contributed by atoms with Crippen molar-refractivity contribution in [1.82, 2.24) is 4.90 Å². The highest BCUT2D eigenvalue weighted by molar-refractivity contribution is 6.77. The molecule has 0 saturated carbocycles. The number of rotatable bonds is 24. The number of likely N-dealkylation sites (tertiary alicyclic amines) is 1. The first kappa shape index (κ1) is 47.4. The van der Waals surface area contributed by atoms with Crippen LogP contribution in [0.4, 0.5) is 10.5 Å². The minimum atomic E-state index is -2.02. The topological polar surface area (TPSA) is 97.4 Å². The summed E-state index contributed by atoms with van der Waals surface area (Å²) >= 11 is 0. The van der Waals surface area contributed by atoms with Crippen molar-refractivity contribution in [3.05, 3.63) is 89.5 Å². The Hall–Kier alpha value is -3.65. The molecule has 0 bridgehead atoms. The van der Waals surface area contributed by atoms with Crippen molar-refractivity contribution in [2.75, 3.05) is 84.9 Å². The highest BCUT2D eigenvalue weighted by Crippen LogP contribution is 2.42. The van der Waals surface area contributed by atoms with Gasteiger partial charge in [-0.2, -0.15) is 0 Å². The first-order valence-corrected chi connectivity index (χ1v) is 24.2. The molecule has 1 fully saturated rings. The van der Waals surface area contributed by atoms with E-state index in [0.717, 1.165) is 66.2 Å². The molecule has 5 rings (SSSR count). The number of carbonyl (C=O) groups is 1. The lowest BCUT2D eigenvalue weighted by atomic mass is 9.84. The Morgan fingerprint density at radius 2 is 1.40 bits per heavy atom. The van der Waals surface area contributed by atoms with Gasteiger partial charge in [0, 0.05) is 59.5 Å². The highest BCUT2D eigenvalue weighted by Gasteiger charge is 2.45. The van der Waals surface area contributed by atoms with Gasteiger partial charge in [-0.05, 0) is 70.4 Å². The van der Waals surface area contributed by atoms with Crippen LogP contribution < -0.4 is 14.4 Å². The van der Waals surface area contributed by atoms with Crippen LogP contribution in [0.1, 0.15) is 83.4 Å². The van der Waals surface area contributed by atoms with E-state index >= 15 is 0 Å². The van der Waals surface area contributed by atoms with E-state index in [1.165, 1.54) is 0 Å². The second-order valence-electron chi connectivity index (χ2n) is 17.0. The fourth-order valence-electron chi connectivity index (χ4n) is 9.14. The van der Waals surface area contributed by atoms with Crippen molar-refractivity contribution < 1.29 is 42.4 Å². The number of benzene rings is 3. The predicted molar refractivity (Wildman–Crippen MR) is 240 cm³/mol. The van der Waals surface area contributed by atoms with Crippen molar-refractivity contribution in [3.8, 4) is 11.5 Å². The van der Waals surface area contributed by atoms with E-state index in [4.69, 9.17) is 37.6 Å². The summed E-state index contributed by atoms with van der Waals surface area (Å²) in [6.07, 6.45) is 1.34. The molecule has 0 spiro atoms. The van der Waals surface area contributed by atoms with E-state index in [1.807, 2.05) is 48.5 Å². The SMILES string of the molecule is COCCCOc1ccc([C@@H]2[C@@H](OCc3ccc4c(c3)N(CCCOC)CCO4)CN(C(=O)OCc3ccccc3)C[C@H]2OCCCO[Si](C(C)C)(C(C)C)C(C)C)cc1. The van der Waals surface area contributed by atoms with Gasteiger partial charge in [0.2, 0.25) is 0 Å². The molecular weight excluding hydrogens is 777 g/mol. The van der Waals surface area contributed by atoms with Crippen molar-refractivity contribution in [2.45, 2.75) is 109 Å². The molecule has 1 saturated heterocycles. The van der Waals surface area contributed by atoms with Crippen molar-refractivity contribution in [1.29, 1.82) is 0 Å². The zero-order valence-corrected chi connectivity index (χ0v) is 38.6. The number of carbonyl (C=O) groups excluding carboxylic acids is 1. The number of fused-ring (bicyclic) bond motifs is 1. The van der Waals surface area contributed by atoms with E-state index in [1.54, 1.807) is 19.1 Å². The minimum Gasteiger partial charge on any atom is -0.494 e. The summed E-state index contributed by atoms with van der Waals surface area (Å²) in [5.74, 6) is 1.50. The molecule has 0 aliphatic carbocycles. The summed E-state index contributed by atoms with van der Waals surface area (Å²) in [5, 5.41) is 0. The number of hydrogen-bond donors (Lipinski definition) is 0. The maximum atomic E-state index is 13.9. The van der Waals surface area contributed by atoms with Gasteiger partial charge in [-0.25, -0.2) is 4.79 Å². The lowest BCUT2D eigenvalue weighted by Gasteiger charge is -2.43. The molecule has 12 heteroatoms. The summed E-state index contributed by atoms with van der Waals surface area (Å²) in [6, 6.07) is 24.3. The summed E-state index contributed by atoms with van der Waals surface area (Å²) in [5.41, 5.74) is 5.60. The molecule has 2 aliphatic rings. The van der Waals surface area contributed by atoms with Gasteiger partial charge in [0.05, 0.1) is 50.7 Å². The van der Waals surface area contributed by atoms with Crippen LogP contribution >= 0.6 is 0 Å². The monoisotopic (exact) mass is 849 g/mol. The largest absolute Gasteiger partial charge is 0.494 e. The molecule has 11 nitrogen and oxygen atoms in total. The van der Waals surface area contributed by atoms with Crippen LogP contribution in [-0.2, 0) is 41.3 Å². The molecule has 0 radical (unpaired) electrons. The smallest absolute Gasteiger partial charge is 0.410 e. The maximum absolute atomic E-state index is 13.9. The number of nitrogens with zero attached hydrogens (tertiary/aromatic N) is 2. The molecule has 0 N–H and O–H groups in total. The molecule has 3 atom stereocenters. The Balaban J connectivity index is 1.39. The van der Waals surface area contributed by atoms with E-state index in [9.17, 15) is 4.79 Å². The Labute approximate surface area is 361 Å². The fourth-order valence-corrected chi connectivity index (χ4v) is 14.6. The van der Waals surface area contributed by atoms with E-state index < -0.39 is 14.4 Å². The number of piperidine rings is 1. The zero-order valence-electron chi connectivity index (χ0n) is 37.6. The summed E-state index contributed by atoms with van der Waals surface area (Å²) in [6.45, 7) is 20.5. The molecule has 0 unspecified atom stereocenters. The summed E-state index contributed by atoms with van der Waals surface area (Å²) < 4.78 is 49.2. The normalized spacial score (nSPS) is 18.2. The Kier molecular flexibility index (Phi) is 19.0. The first-order chi connectivity index (χ1) is 29.1. The molecule has 2 aliphatic heterocycles.